The summed E-state index contributed by atoms with van der Waals surface area (Å²) in [5, 5.41) is 0. The number of nitrogens with zero attached hydrogens (tertiary/aromatic N) is 2. The molecule has 1 aromatic heterocycles. The van der Waals surface area contributed by atoms with Gasteiger partial charge < -0.3 is 9.32 Å². The molecule has 0 bridgehead atoms. The molecule has 7 nitrogen and oxygen atoms in total. The van der Waals surface area contributed by atoms with Gasteiger partial charge in [0.1, 0.15) is 0 Å². The highest BCUT2D eigenvalue weighted by molar-refractivity contribution is 7.89. The largest absolute Gasteiger partial charge is 0.417 e. The van der Waals surface area contributed by atoms with E-state index in [4.69, 9.17) is 4.42 Å². The smallest absolute Gasteiger partial charge is 0.408 e. The van der Waals surface area contributed by atoms with Crippen molar-refractivity contribution < 1.29 is 12.8 Å². The molecule has 8 heteroatoms. The standard InChI is InChI=1S/C19H21N3O4S/c23-19-20-17-14-16(6-7-18(17)26-19)21-9-11-22(12-10-21)27(24,25)13-8-15-4-2-1-3-5-15/h1-7,14H,8-13H2,(H,20,23). The van der Waals surface area contributed by atoms with Gasteiger partial charge in [-0.1, -0.05) is 30.3 Å². The number of rotatable bonds is 5. The van der Waals surface area contributed by atoms with Crippen molar-refractivity contribution in [2.75, 3.05) is 36.8 Å². The molecular formula is C19H21N3O4S. The second-order valence-corrected chi connectivity index (χ2v) is 8.72. The maximum atomic E-state index is 12.6. The average Bonchev–Trinajstić information content (AvgIpc) is 3.06. The third-order valence-corrected chi connectivity index (χ3v) is 6.76. The van der Waals surface area contributed by atoms with Gasteiger partial charge in [0.25, 0.3) is 0 Å². The lowest BCUT2D eigenvalue weighted by Crippen LogP contribution is -2.49. The van der Waals surface area contributed by atoms with E-state index in [1.165, 1.54) is 0 Å². The number of nitrogens with one attached hydrogen (secondary N) is 1. The van der Waals surface area contributed by atoms with Crippen LogP contribution in [-0.2, 0) is 16.4 Å². The van der Waals surface area contributed by atoms with E-state index in [1.807, 2.05) is 42.5 Å². The van der Waals surface area contributed by atoms with E-state index in [2.05, 4.69) is 9.88 Å². The summed E-state index contributed by atoms with van der Waals surface area (Å²) >= 11 is 0. The summed E-state index contributed by atoms with van der Waals surface area (Å²) in [5.41, 5.74) is 3.14. The molecule has 0 spiro atoms. The van der Waals surface area contributed by atoms with Gasteiger partial charge in [-0.05, 0) is 30.2 Å². The van der Waals surface area contributed by atoms with Crippen LogP contribution in [0.25, 0.3) is 11.1 Å². The lowest BCUT2D eigenvalue weighted by molar-refractivity contribution is 0.385. The number of oxazole rings is 1. The Morgan fingerprint density at radius 2 is 1.74 bits per heavy atom. The Hall–Kier alpha value is -2.58. The van der Waals surface area contributed by atoms with Crippen molar-refractivity contribution in [2.24, 2.45) is 0 Å². The van der Waals surface area contributed by atoms with Crippen molar-refractivity contribution >= 4 is 26.8 Å². The summed E-state index contributed by atoms with van der Waals surface area (Å²) in [6, 6.07) is 15.2. The van der Waals surface area contributed by atoms with E-state index in [0.717, 1.165) is 11.3 Å². The van der Waals surface area contributed by atoms with Crippen LogP contribution in [0.1, 0.15) is 5.56 Å². The summed E-state index contributed by atoms with van der Waals surface area (Å²) in [7, 11) is -3.27. The molecule has 0 unspecified atom stereocenters. The number of sulfonamides is 1. The Morgan fingerprint density at radius 1 is 1.00 bits per heavy atom. The van der Waals surface area contributed by atoms with Crippen molar-refractivity contribution in [3.8, 4) is 0 Å². The summed E-state index contributed by atoms with van der Waals surface area (Å²) < 4.78 is 31.9. The van der Waals surface area contributed by atoms with Crippen molar-refractivity contribution in [1.82, 2.24) is 9.29 Å². The molecule has 0 atom stereocenters. The number of benzene rings is 2. The van der Waals surface area contributed by atoms with Crippen LogP contribution >= 0.6 is 0 Å². The minimum atomic E-state index is -3.27. The van der Waals surface area contributed by atoms with E-state index < -0.39 is 15.8 Å². The van der Waals surface area contributed by atoms with Crippen LogP contribution in [0.5, 0.6) is 0 Å². The van der Waals surface area contributed by atoms with E-state index >= 15 is 0 Å². The Bertz CT molecular complexity index is 1080. The first-order valence-corrected chi connectivity index (χ1v) is 10.5. The molecule has 142 valence electrons. The molecule has 4 rings (SSSR count). The van der Waals surface area contributed by atoms with Crippen LogP contribution in [0.2, 0.25) is 0 Å². The van der Waals surface area contributed by atoms with Gasteiger partial charge in [-0.3, -0.25) is 4.98 Å². The summed E-state index contributed by atoms with van der Waals surface area (Å²) in [6.07, 6.45) is 0.522. The Kier molecular flexibility index (Phi) is 4.75. The first-order valence-electron chi connectivity index (χ1n) is 8.91. The van der Waals surface area contributed by atoms with Crippen molar-refractivity contribution in [3.63, 3.8) is 0 Å². The van der Waals surface area contributed by atoms with Gasteiger partial charge in [0.2, 0.25) is 10.0 Å². The van der Waals surface area contributed by atoms with E-state index in [9.17, 15) is 13.2 Å². The zero-order valence-electron chi connectivity index (χ0n) is 14.8. The molecular weight excluding hydrogens is 366 g/mol. The van der Waals surface area contributed by atoms with Gasteiger partial charge in [0.15, 0.2) is 5.58 Å². The highest BCUT2D eigenvalue weighted by atomic mass is 32.2. The lowest BCUT2D eigenvalue weighted by Gasteiger charge is -2.35. The number of aromatic nitrogens is 1. The number of aromatic amines is 1. The zero-order chi connectivity index (χ0) is 18.9. The minimum absolute atomic E-state index is 0.124. The fraction of sp³-hybridized carbons (Fsp3) is 0.316. The van der Waals surface area contributed by atoms with Crippen LogP contribution in [0.3, 0.4) is 0 Å². The van der Waals surface area contributed by atoms with Crippen LogP contribution in [-0.4, -0.2) is 49.6 Å². The molecule has 3 aromatic rings. The summed E-state index contributed by atoms with van der Waals surface area (Å²) in [6.45, 7) is 2.13. The number of anilines is 1. The Balaban J connectivity index is 1.39. The summed E-state index contributed by atoms with van der Waals surface area (Å²) in [5.74, 6) is -0.351. The maximum absolute atomic E-state index is 12.6. The fourth-order valence-electron chi connectivity index (χ4n) is 3.38. The van der Waals surface area contributed by atoms with Gasteiger partial charge in [-0.25, -0.2) is 13.2 Å². The second kappa shape index (κ2) is 7.21. The number of hydrogen-bond donors (Lipinski definition) is 1. The number of H-pyrrole nitrogens is 1. The minimum Gasteiger partial charge on any atom is -0.408 e. The monoisotopic (exact) mass is 387 g/mol. The van der Waals surface area contributed by atoms with E-state index in [-0.39, 0.29) is 5.75 Å². The number of aryl methyl sites for hydroxylation is 1. The fourth-order valence-corrected chi connectivity index (χ4v) is 4.85. The molecule has 1 aliphatic rings. The molecule has 0 radical (unpaired) electrons. The first kappa shape index (κ1) is 17.8. The average molecular weight is 387 g/mol. The molecule has 0 saturated carbocycles. The van der Waals surface area contributed by atoms with Crippen molar-refractivity contribution in [1.29, 1.82) is 0 Å². The van der Waals surface area contributed by atoms with Crippen molar-refractivity contribution in [2.45, 2.75) is 6.42 Å². The van der Waals surface area contributed by atoms with Gasteiger partial charge in [0.05, 0.1) is 11.3 Å². The van der Waals surface area contributed by atoms with E-state index in [1.54, 1.807) is 10.4 Å². The first-order chi connectivity index (χ1) is 13.0. The third kappa shape index (κ3) is 3.91. The van der Waals surface area contributed by atoms with Gasteiger partial charge in [-0.2, -0.15) is 4.31 Å². The molecule has 1 saturated heterocycles. The predicted octanol–water partition coefficient (Wildman–Crippen LogP) is 1.82. The number of hydrogen-bond acceptors (Lipinski definition) is 5. The Morgan fingerprint density at radius 3 is 2.48 bits per heavy atom. The molecule has 27 heavy (non-hydrogen) atoms. The lowest BCUT2D eigenvalue weighted by atomic mass is 10.2. The topological polar surface area (TPSA) is 86.6 Å². The quantitative estimate of drug-likeness (QED) is 0.722. The number of piperazine rings is 1. The highest BCUT2D eigenvalue weighted by Gasteiger charge is 2.27. The molecule has 2 aromatic carbocycles. The summed E-state index contributed by atoms with van der Waals surface area (Å²) in [4.78, 5) is 16.1. The zero-order valence-corrected chi connectivity index (χ0v) is 15.6. The third-order valence-electron chi connectivity index (χ3n) is 4.89. The number of fused-ring (bicyclic) bond motifs is 1. The second-order valence-electron chi connectivity index (χ2n) is 6.63. The Labute approximate surface area is 157 Å². The van der Waals surface area contributed by atoms with Gasteiger partial charge >= 0.3 is 5.76 Å². The SMILES string of the molecule is O=c1[nH]c2cc(N3CCN(S(=O)(=O)CCc4ccccc4)CC3)ccc2o1. The maximum Gasteiger partial charge on any atom is 0.417 e. The van der Waals surface area contributed by atoms with Gasteiger partial charge in [0, 0.05) is 31.9 Å². The van der Waals surface area contributed by atoms with Crippen LogP contribution in [0.15, 0.2) is 57.7 Å². The van der Waals surface area contributed by atoms with Gasteiger partial charge in [-0.15, -0.1) is 0 Å². The molecule has 2 heterocycles. The molecule has 1 fully saturated rings. The van der Waals surface area contributed by atoms with Crippen molar-refractivity contribution in [3.05, 3.63) is 64.6 Å². The van der Waals surface area contributed by atoms with Crippen LogP contribution in [0.4, 0.5) is 5.69 Å². The molecule has 0 aliphatic carbocycles. The van der Waals surface area contributed by atoms with Crippen LogP contribution in [0, 0.1) is 0 Å². The van der Waals surface area contributed by atoms with Crippen LogP contribution < -0.4 is 10.7 Å². The molecule has 1 N–H and O–H groups in total. The normalized spacial score (nSPS) is 16.1. The molecule has 0 amide bonds. The highest BCUT2D eigenvalue weighted by Crippen LogP contribution is 2.22. The van der Waals surface area contributed by atoms with E-state index in [0.29, 0.717) is 43.7 Å². The predicted molar refractivity (Wildman–Crippen MR) is 105 cm³/mol. The molecule has 1 aliphatic heterocycles.